The van der Waals surface area contributed by atoms with Crippen LogP contribution in [0, 0.1) is 0 Å². The minimum absolute atomic E-state index is 0.000674. The van der Waals surface area contributed by atoms with Crippen LogP contribution in [0.1, 0.15) is 56.9 Å². The van der Waals surface area contributed by atoms with Crippen LogP contribution in [0.25, 0.3) is 0 Å². The third-order valence-corrected chi connectivity index (χ3v) is 5.74. The predicted octanol–water partition coefficient (Wildman–Crippen LogP) is 3.12. The van der Waals surface area contributed by atoms with Gasteiger partial charge in [-0.15, -0.1) is 0 Å². The molecule has 1 aromatic heterocycles. The van der Waals surface area contributed by atoms with E-state index in [0.29, 0.717) is 25.4 Å². The molecule has 1 saturated carbocycles. The molecule has 1 aromatic rings. The van der Waals surface area contributed by atoms with Gasteiger partial charge in [0.15, 0.2) is 0 Å². The van der Waals surface area contributed by atoms with Crippen LogP contribution < -0.4 is 5.32 Å². The first-order valence-corrected chi connectivity index (χ1v) is 9.76. The predicted molar refractivity (Wildman–Crippen MR) is 92.4 cm³/mol. The molecule has 1 N–H and O–H groups in total. The number of hydrogen-bond acceptors (Lipinski definition) is 3. The van der Waals surface area contributed by atoms with Crippen molar-refractivity contribution in [3.05, 3.63) is 22.4 Å². The largest absolute Gasteiger partial charge is 0.351 e. The van der Waals surface area contributed by atoms with Crippen molar-refractivity contribution in [3.63, 3.8) is 0 Å². The zero-order chi connectivity index (χ0) is 16.1. The fourth-order valence-corrected chi connectivity index (χ4v) is 4.45. The molecular weight excluding hydrogens is 308 g/mol. The molecular formula is C18H26N2O2S. The highest BCUT2D eigenvalue weighted by molar-refractivity contribution is 7.07. The lowest BCUT2D eigenvalue weighted by Gasteiger charge is -2.27. The Labute approximate surface area is 142 Å². The molecule has 1 atom stereocenters. The number of carbonyl (C=O) groups is 2. The van der Waals surface area contributed by atoms with Gasteiger partial charge in [-0.25, -0.2) is 0 Å². The van der Waals surface area contributed by atoms with Gasteiger partial charge in [0.1, 0.15) is 0 Å². The Morgan fingerprint density at radius 3 is 2.74 bits per heavy atom. The molecule has 0 aromatic carbocycles. The Bertz CT molecular complexity index is 521. The van der Waals surface area contributed by atoms with Crippen LogP contribution in [0.5, 0.6) is 0 Å². The van der Waals surface area contributed by atoms with Crippen LogP contribution in [-0.4, -0.2) is 35.3 Å². The van der Waals surface area contributed by atoms with Gasteiger partial charge in [-0.1, -0.05) is 25.7 Å². The van der Waals surface area contributed by atoms with Crippen molar-refractivity contribution < 1.29 is 9.59 Å². The SMILES string of the molecule is O=C(CCc1ccsc1)N[C@@H]1CC(=O)N(C2CCCCCC2)C1. The number of aryl methyl sites for hydroxylation is 1. The maximum absolute atomic E-state index is 12.3. The first kappa shape index (κ1) is 16.5. The van der Waals surface area contributed by atoms with Crippen LogP contribution in [0.2, 0.25) is 0 Å². The Morgan fingerprint density at radius 1 is 1.26 bits per heavy atom. The monoisotopic (exact) mass is 334 g/mol. The molecule has 0 spiro atoms. The van der Waals surface area contributed by atoms with Gasteiger partial charge in [0.2, 0.25) is 11.8 Å². The Kier molecular flexibility index (Phi) is 5.70. The van der Waals surface area contributed by atoms with Gasteiger partial charge in [0, 0.05) is 25.4 Å². The lowest BCUT2D eigenvalue weighted by Crippen LogP contribution is -2.40. The minimum atomic E-state index is 0.000674. The smallest absolute Gasteiger partial charge is 0.225 e. The normalized spacial score (nSPS) is 23.0. The summed E-state index contributed by atoms with van der Waals surface area (Å²) in [5.74, 6) is 0.289. The van der Waals surface area contributed by atoms with Gasteiger partial charge in [0.25, 0.3) is 0 Å². The first-order valence-electron chi connectivity index (χ1n) is 8.82. The van der Waals surface area contributed by atoms with Crippen LogP contribution in [-0.2, 0) is 16.0 Å². The van der Waals surface area contributed by atoms with E-state index >= 15 is 0 Å². The molecule has 0 radical (unpaired) electrons. The van der Waals surface area contributed by atoms with Crippen molar-refractivity contribution in [1.82, 2.24) is 10.2 Å². The number of thiophene rings is 1. The lowest BCUT2D eigenvalue weighted by molar-refractivity contribution is -0.129. The second-order valence-electron chi connectivity index (χ2n) is 6.79. The second kappa shape index (κ2) is 7.95. The summed E-state index contributed by atoms with van der Waals surface area (Å²) in [4.78, 5) is 26.4. The van der Waals surface area contributed by atoms with E-state index < -0.39 is 0 Å². The molecule has 1 saturated heterocycles. The van der Waals surface area contributed by atoms with Gasteiger partial charge in [-0.05, 0) is 41.7 Å². The highest BCUT2D eigenvalue weighted by atomic mass is 32.1. The number of carbonyl (C=O) groups excluding carboxylic acids is 2. The standard InChI is InChI=1S/C18H26N2O2S/c21-17(8-7-14-9-10-23-13-14)19-15-11-18(22)20(12-15)16-5-3-1-2-4-6-16/h9-10,13,15-16H,1-8,11-12H2,(H,19,21)/t15-/m1/s1. The molecule has 1 aliphatic heterocycles. The Balaban J connectivity index is 1.46. The molecule has 2 fully saturated rings. The molecule has 0 unspecified atom stereocenters. The van der Waals surface area contributed by atoms with Crippen molar-refractivity contribution in [1.29, 1.82) is 0 Å². The molecule has 0 bridgehead atoms. The van der Waals surface area contributed by atoms with E-state index in [1.165, 1.54) is 31.2 Å². The van der Waals surface area contributed by atoms with E-state index in [1.54, 1.807) is 11.3 Å². The van der Waals surface area contributed by atoms with E-state index in [1.807, 2.05) is 10.3 Å². The number of nitrogens with zero attached hydrogens (tertiary/aromatic N) is 1. The fourth-order valence-electron chi connectivity index (χ4n) is 3.74. The topological polar surface area (TPSA) is 49.4 Å². The van der Waals surface area contributed by atoms with Crippen molar-refractivity contribution >= 4 is 23.2 Å². The van der Waals surface area contributed by atoms with E-state index in [-0.39, 0.29) is 17.9 Å². The molecule has 4 nitrogen and oxygen atoms in total. The van der Waals surface area contributed by atoms with E-state index in [2.05, 4.69) is 16.8 Å². The summed E-state index contributed by atoms with van der Waals surface area (Å²) in [7, 11) is 0. The maximum Gasteiger partial charge on any atom is 0.225 e. The van der Waals surface area contributed by atoms with Gasteiger partial charge < -0.3 is 10.2 Å². The Hall–Kier alpha value is -1.36. The van der Waals surface area contributed by atoms with Gasteiger partial charge >= 0.3 is 0 Å². The number of amides is 2. The molecule has 126 valence electrons. The summed E-state index contributed by atoms with van der Waals surface area (Å²) >= 11 is 1.66. The number of hydrogen-bond donors (Lipinski definition) is 1. The maximum atomic E-state index is 12.3. The van der Waals surface area contributed by atoms with Gasteiger partial charge in [0.05, 0.1) is 6.04 Å². The molecule has 3 rings (SSSR count). The third-order valence-electron chi connectivity index (χ3n) is 5.01. The highest BCUT2D eigenvalue weighted by Gasteiger charge is 2.34. The van der Waals surface area contributed by atoms with Gasteiger partial charge in [-0.2, -0.15) is 11.3 Å². The lowest BCUT2D eigenvalue weighted by atomic mass is 10.1. The van der Waals surface area contributed by atoms with E-state index in [9.17, 15) is 9.59 Å². The van der Waals surface area contributed by atoms with E-state index in [4.69, 9.17) is 0 Å². The summed E-state index contributed by atoms with van der Waals surface area (Å²) < 4.78 is 0. The summed E-state index contributed by atoms with van der Waals surface area (Å²) in [6, 6.07) is 2.46. The highest BCUT2D eigenvalue weighted by Crippen LogP contribution is 2.25. The van der Waals surface area contributed by atoms with Crippen molar-refractivity contribution in [2.24, 2.45) is 0 Å². The van der Waals surface area contributed by atoms with Crippen molar-refractivity contribution in [2.75, 3.05) is 6.54 Å². The minimum Gasteiger partial charge on any atom is -0.351 e. The molecule has 2 heterocycles. The first-order chi connectivity index (χ1) is 11.2. The summed E-state index contributed by atoms with van der Waals surface area (Å²) in [6.07, 6.45) is 9.06. The molecule has 23 heavy (non-hydrogen) atoms. The zero-order valence-electron chi connectivity index (χ0n) is 13.6. The van der Waals surface area contributed by atoms with Crippen LogP contribution >= 0.6 is 11.3 Å². The second-order valence-corrected chi connectivity index (χ2v) is 7.57. The van der Waals surface area contributed by atoms with Crippen LogP contribution in [0.4, 0.5) is 0 Å². The number of nitrogens with one attached hydrogen (secondary N) is 1. The zero-order valence-corrected chi connectivity index (χ0v) is 14.4. The van der Waals surface area contributed by atoms with Gasteiger partial charge in [-0.3, -0.25) is 9.59 Å². The fraction of sp³-hybridized carbons (Fsp3) is 0.667. The van der Waals surface area contributed by atoms with Crippen LogP contribution in [0.3, 0.4) is 0 Å². The summed E-state index contributed by atoms with van der Waals surface area (Å²) in [5, 5.41) is 7.18. The van der Waals surface area contributed by atoms with E-state index in [0.717, 1.165) is 19.3 Å². The molecule has 5 heteroatoms. The molecule has 2 aliphatic rings. The average Bonchev–Trinajstić information content (AvgIpc) is 3.08. The summed E-state index contributed by atoms with van der Waals surface area (Å²) in [5.41, 5.74) is 1.22. The quantitative estimate of drug-likeness (QED) is 0.841. The summed E-state index contributed by atoms with van der Waals surface area (Å²) in [6.45, 7) is 0.702. The Morgan fingerprint density at radius 2 is 2.04 bits per heavy atom. The number of rotatable bonds is 5. The molecule has 2 amide bonds. The van der Waals surface area contributed by atoms with Crippen molar-refractivity contribution in [3.8, 4) is 0 Å². The third kappa shape index (κ3) is 4.56. The number of likely N-dealkylation sites (tertiary alicyclic amines) is 1. The van der Waals surface area contributed by atoms with Crippen molar-refractivity contribution in [2.45, 2.75) is 69.9 Å². The molecule has 1 aliphatic carbocycles. The average molecular weight is 334 g/mol. The van der Waals surface area contributed by atoms with Crippen LogP contribution in [0.15, 0.2) is 16.8 Å².